The van der Waals surface area contributed by atoms with Gasteiger partial charge in [0.25, 0.3) is 0 Å². The third kappa shape index (κ3) is 2.80. The number of ether oxygens (including phenoxy) is 1. The number of benzene rings is 1. The van der Waals surface area contributed by atoms with Crippen LogP contribution in [-0.4, -0.2) is 18.9 Å². The van der Waals surface area contributed by atoms with Gasteiger partial charge in [0.1, 0.15) is 12.4 Å². The first-order chi connectivity index (χ1) is 7.06. The number of Topliss-reactive ketones (excluding diaryl/α,β-unsaturated/α-hetero) is 1. The van der Waals surface area contributed by atoms with Crippen LogP contribution in [0.5, 0.6) is 5.75 Å². The van der Waals surface area contributed by atoms with Crippen molar-refractivity contribution in [1.29, 1.82) is 0 Å². The van der Waals surface area contributed by atoms with Crippen LogP contribution in [0.4, 0.5) is 0 Å². The van der Waals surface area contributed by atoms with Crippen molar-refractivity contribution in [3.05, 3.63) is 28.8 Å². The predicted molar refractivity (Wildman–Crippen MR) is 60.5 cm³/mol. The molecular formula is C12H17NO2. The highest BCUT2D eigenvalue weighted by molar-refractivity contribution is 5.96. The fourth-order valence-electron chi connectivity index (χ4n) is 1.54. The monoisotopic (exact) mass is 207 g/mol. The molecule has 0 saturated heterocycles. The highest BCUT2D eigenvalue weighted by Gasteiger charge is 2.08. The minimum atomic E-state index is 0.0603. The van der Waals surface area contributed by atoms with Crippen molar-refractivity contribution in [2.45, 2.75) is 20.8 Å². The first kappa shape index (κ1) is 11.7. The van der Waals surface area contributed by atoms with Gasteiger partial charge in [-0.25, -0.2) is 0 Å². The molecule has 0 aliphatic rings. The van der Waals surface area contributed by atoms with Crippen LogP contribution in [-0.2, 0) is 0 Å². The van der Waals surface area contributed by atoms with Crippen molar-refractivity contribution < 1.29 is 9.53 Å². The molecule has 0 atom stereocenters. The summed E-state index contributed by atoms with van der Waals surface area (Å²) in [5.74, 6) is 0.807. The Balaban J connectivity index is 3.06. The molecule has 0 spiro atoms. The van der Waals surface area contributed by atoms with Crippen molar-refractivity contribution >= 4 is 5.78 Å². The Kier molecular flexibility index (Phi) is 3.86. The molecule has 0 amide bonds. The number of ketones is 1. The van der Waals surface area contributed by atoms with E-state index < -0.39 is 0 Å². The molecule has 0 radical (unpaired) electrons. The van der Waals surface area contributed by atoms with Gasteiger partial charge in [-0.05, 0) is 38.0 Å². The Morgan fingerprint density at radius 1 is 1.33 bits per heavy atom. The van der Waals surface area contributed by atoms with Crippen LogP contribution in [0, 0.1) is 13.8 Å². The summed E-state index contributed by atoms with van der Waals surface area (Å²) >= 11 is 0. The van der Waals surface area contributed by atoms with Gasteiger partial charge in [-0.3, -0.25) is 4.79 Å². The number of nitrogens with two attached hydrogens (primary N) is 1. The smallest absolute Gasteiger partial charge is 0.160 e. The molecule has 0 aliphatic heterocycles. The van der Waals surface area contributed by atoms with E-state index in [1.54, 1.807) is 13.0 Å². The van der Waals surface area contributed by atoms with E-state index in [2.05, 4.69) is 0 Å². The summed E-state index contributed by atoms with van der Waals surface area (Å²) in [6, 6.07) is 3.76. The highest BCUT2D eigenvalue weighted by Crippen LogP contribution is 2.23. The molecule has 15 heavy (non-hydrogen) atoms. The van der Waals surface area contributed by atoms with Crippen LogP contribution in [0.3, 0.4) is 0 Å². The van der Waals surface area contributed by atoms with E-state index in [0.29, 0.717) is 18.7 Å². The molecule has 3 nitrogen and oxygen atoms in total. The SMILES string of the molecule is CC(=O)c1cc(OCCN)c(C)cc1C. The van der Waals surface area contributed by atoms with Gasteiger partial charge in [0, 0.05) is 12.1 Å². The molecule has 0 bridgehead atoms. The number of hydrogen-bond donors (Lipinski definition) is 1. The second-order valence-electron chi connectivity index (χ2n) is 3.63. The standard InChI is InChI=1S/C12H17NO2/c1-8-6-9(2)12(15-5-4-13)7-11(8)10(3)14/h6-7H,4-5,13H2,1-3H3. The molecule has 0 fully saturated rings. The van der Waals surface area contributed by atoms with Gasteiger partial charge < -0.3 is 10.5 Å². The molecule has 3 heteroatoms. The van der Waals surface area contributed by atoms with Crippen LogP contribution < -0.4 is 10.5 Å². The molecule has 0 unspecified atom stereocenters. The van der Waals surface area contributed by atoms with E-state index in [0.717, 1.165) is 16.9 Å². The molecule has 0 heterocycles. The van der Waals surface area contributed by atoms with Gasteiger partial charge in [-0.2, -0.15) is 0 Å². The van der Waals surface area contributed by atoms with Gasteiger partial charge in [0.05, 0.1) is 0 Å². The summed E-state index contributed by atoms with van der Waals surface area (Å²) in [7, 11) is 0. The van der Waals surface area contributed by atoms with Crippen molar-refractivity contribution in [2.24, 2.45) is 5.73 Å². The van der Waals surface area contributed by atoms with Crippen LogP contribution in [0.15, 0.2) is 12.1 Å². The molecule has 0 aromatic heterocycles. The van der Waals surface area contributed by atoms with Crippen LogP contribution >= 0.6 is 0 Å². The molecule has 1 aromatic rings. The molecule has 82 valence electrons. The predicted octanol–water partition coefficient (Wildman–Crippen LogP) is 1.84. The van der Waals surface area contributed by atoms with Crippen LogP contribution in [0.1, 0.15) is 28.4 Å². The molecule has 1 aromatic carbocycles. The highest BCUT2D eigenvalue weighted by atomic mass is 16.5. The molecular weight excluding hydrogens is 190 g/mol. The number of aryl methyl sites for hydroxylation is 2. The summed E-state index contributed by atoms with van der Waals surface area (Å²) in [4.78, 5) is 11.3. The second kappa shape index (κ2) is 4.94. The molecule has 2 N–H and O–H groups in total. The summed E-state index contributed by atoms with van der Waals surface area (Å²) < 4.78 is 5.45. The van der Waals surface area contributed by atoms with Crippen molar-refractivity contribution in [2.75, 3.05) is 13.2 Å². The lowest BCUT2D eigenvalue weighted by Gasteiger charge is -2.11. The van der Waals surface area contributed by atoms with E-state index in [4.69, 9.17) is 10.5 Å². The maximum atomic E-state index is 11.3. The Morgan fingerprint density at radius 3 is 2.53 bits per heavy atom. The van der Waals surface area contributed by atoms with E-state index >= 15 is 0 Å². The summed E-state index contributed by atoms with van der Waals surface area (Å²) in [5, 5.41) is 0. The third-order valence-corrected chi connectivity index (χ3v) is 2.28. The zero-order valence-corrected chi connectivity index (χ0v) is 9.46. The van der Waals surface area contributed by atoms with Crippen molar-refractivity contribution in [3.8, 4) is 5.75 Å². The fourth-order valence-corrected chi connectivity index (χ4v) is 1.54. The minimum Gasteiger partial charge on any atom is -0.492 e. The van der Waals surface area contributed by atoms with Gasteiger partial charge in [0.2, 0.25) is 0 Å². The third-order valence-electron chi connectivity index (χ3n) is 2.28. The van der Waals surface area contributed by atoms with Gasteiger partial charge in [-0.1, -0.05) is 6.07 Å². The average molecular weight is 207 g/mol. The molecule has 0 aliphatic carbocycles. The maximum absolute atomic E-state index is 11.3. The largest absolute Gasteiger partial charge is 0.492 e. The maximum Gasteiger partial charge on any atom is 0.160 e. The number of carbonyl (C=O) groups excluding carboxylic acids is 1. The summed E-state index contributed by atoms with van der Waals surface area (Å²) in [6.07, 6.45) is 0. The van der Waals surface area contributed by atoms with Crippen molar-refractivity contribution in [1.82, 2.24) is 0 Å². The normalized spacial score (nSPS) is 10.1. The number of hydrogen-bond acceptors (Lipinski definition) is 3. The van der Waals surface area contributed by atoms with Crippen LogP contribution in [0.2, 0.25) is 0 Å². The first-order valence-corrected chi connectivity index (χ1v) is 5.01. The Hall–Kier alpha value is -1.35. The quantitative estimate of drug-likeness (QED) is 0.766. The Bertz CT molecular complexity index is 372. The van der Waals surface area contributed by atoms with E-state index in [1.165, 1.54) is 0 Å². The lowest BCUT2D eigenvalue weighted by Crippen LogP contribution is -2.11. The summed E-state index contributed by atoms with van der Waals surface area (Å²) in [5.41, 5.74) is 8.10. The lowest BCUT2D eigenvalue weighted by atomic mass is 10.0. The zero-order chi connectivity index (χ0) is 11.4. The lowest BCUT2D eigenvalue weighted by molar-refractivity contribution is 0.101. The first-order valence-electron chi connectivity index (χ1n) is 5.01. The average Bonchev–Trinajstić information content (AvgIpc) is 2.16. The van der Waals surface area contributed by atoms with E-state index in [9.17, 15) is 4.79 Å². The molecule has 1 rings (SSSR count). The summed E-state index contributed by atoms with van der Waals surface area (Å²) in [6.45, 7) is 6.40. The number of carbonyl (C=O) groups is 1. The van der Waals surface area contributed by atoms with E-state index in [1.807, 2.05) is 19.9 Å². The topological polar surface area (TPSA) is 52.3 Å². The fraction of sp³-hybridized carbons (Fsp3) is 0.417. The zero-order valence-electron chi connectivity index (χ0n) is 9.46. The van der Waals surface area contributed by atoms with Crippen LogP contribution in [0.25, 0.3) is 0 Å². The molecule has 0 saturated carbocycles. The number of rotatable bonds is 4. The second-order valence-corrected chi connectivity index (χ2v) is 3.63. The van der Waals surface area contributed by atoms with Gasteiger partial charge >= 0.3 is 0 Å². The van der Waals surface area contributed by atoms with Gasteiger partial charge in [-0.15, -0.1) is 0 Å². The van der Waals surface area contributed by atoms with Crippen molar-refractivity contribution in [3.63, 3.8) is 0 Å². The Morgan fingerprint density at radius 2 is 2.00 bits per heavy atom. The minimum absolute atomic E-state index is 0.0603. The van der Waals surface area contributed by atoms with Gasteiger partial charge in [0.15, 0.2) is 5.78 Å². The Labute approximate surface area is 90.2 Å². The van der Waals surface area contributed by atoms with E-state index in [-0.39, 0.29) is 5.78 Å².